The molecule has 0 amide bonds. The fraction of sp³-hybridized carbons (Fsp3) is 0.621. The molecule has 214 valence electrons. The van der Waals surface area contributed by atoms with E-state index in [2.05, 4.69) is 29.8 Å². The molecule has 1 aromatic carbocycles. The molecule has 2 heterocycles. The molecule has 0 saturated carbocycles. The minimum atomic E-state index is -0.811. The Morgan fingerprint density at radius 3 is 2.08 bits per heavy atom. The number of rotatable bonds is 3. The molecule has 3 rings (SSSR count). The molecule has 1 saturated heterocycles. The van der Waals surface area contributed by atoms with E-state index in [1.165, 1.54) is 38.2 Å². The summed E-state index contributed by atoms with van der Waals surface area (Å²) in [6, 6.07) is 3.77. The Morgan fingerprint density at radius 2 is 1.68 bits per heavy atom. The number of nitrogen functional groups attached to an aromatic ring is 1. The third-order valence-electron chi connectivity index (χ3n) is 4.90. The maximum atomic E-state index is 13.7. The zero-order chi connectivity index (χ0) is 29.2. The summed E-state index contributed by atoms with van der Waals surface area (Å²) in [4.78, 5) is 27.1. The van der Waals surface area contributed by atoms with Gasteiger partial charge in [-0.3, -0.25) is 4.79 Å². The Bertz CT molecular complexity index is 969. The van der Waals surface area contributed by atoms with E-state index in [-0.39, 0.29) is 52.8 Å². The number of carbonyl (C=O) groups excluding carboxylic acids is 1. The molecular weight excluding hydrogens is 494 g/mol. The SMILES string of the molecule is CC.CC.CCCOC(=O)c1cn(C(C)(C)C)c2c[c-]c(F)c(N)c2c1=O.CN1CC[CH-]CC1.CNC.[Na+]. The Labute approximate surface area is 253 Å². The van der Waals surface area contributed by atoms with Crippen molar-refractivity contribution in [1.29, 1.82) is 0 Å². The second-order valence-corrected chi connectivity index (χ2v) is 8.99. The number of hydrogen-bond acceptors (Lipinski definition) is 6. The average molecular weight is 546 g/mol. The van der Waals surface area contributed by atoms with Crippen LogP contribution >= 0.6 is 0 Å². The molecule has 2 aromatic rings. The number of ether oxygens (including phenoxy) is 1. The van der Waals surface area contributed by atoms with Gasteiger partial charge in [0, 0.05) is 17.6 Å². The van der Waals surface area contributed by atoms with E-state index >= 15 is 0 Å². The first-order chi connectivity index (χ1) is 17.5. The molecule has 38 heavy (non-hydrogen) atoms. The predicted molar refractivity (Wildman–Crippen MR) is 156 cm³/mol. The van der Waals surface area contributed by atoms with Crippen LogP contribution in [-0.2, 0) is 10.3 Å². The molecule has 0 bridgehead atoms. The smallest absolute Gasteiger partial charge is 0.462 e. The van der Waals surface area contributed by atoms with Crippen molar-refractivity contribution in [2.75, 3.05) is 46.6 Å². The summed E-state index contributed by atoms with van der Waals surface area (Å²) < 4.78 is 20.5. The molecular formula is C29H51FN4NaO3-. The molecule has 9 heteroatoms. The van der Waals surface area contributed by atoms with Crippen molar-refractivity contribution in [2.24, 2.45) is 0 Å². The van der Waals surface area contributed by atoms with Crippen LogP contribution in [0, 0.1) is 18.3 Å². The van der Waals surface area contributed by atoms with Gasteiger partial charge in [0.1, 0.15) is 5.56 Å². The van der Waals surface area contributed by atoms with Crippen molar-refractivity contribution >= 4 is 22.6 Å². The van der Waals surface area contributed by atoms with Gasteiger partial charge in [-0.25, -0.2) is 9.18 Å². The molecule has 1 aromatic heterocycles. The van der Waals surface area contributed by atoms with E-state index in [9.17, 15) is 14.0 Å². The summed E-state index contributed by atoms with van der Waals surface area (Å²) in [6.07, 6.45) is 7.01. The average Bonchev–Trinajstić information content (AvgIpc) is 2.88. The molecule has 0 aliphatic carbocycles. The van der Waals surface area contributed by atoms with Crippen molar-refractivity contribution in [2.45, 2.75) is 80.2 Å². The number of fused-ring (bicyclic) bond motifs is 1. The number of hydrogen-bond donors (Lipinski definition) is 2. The number of nitrogens with two attached hydrogens (primary N) is 1. The Kier molecular flexibility index (Phi) is 24.2. The number of pyridine rings is 1. The van der Waals surface area contributed by atoms with Crippen molar-refractivity contribution in [3.63, 3.8) is 0 Å². The van der Waals surface area contributed by atoms with E-state index in [0.29, 0.717) is 11.9 Å². The third-order valence-corrected chi connectivity index (χ3v) is 4.90. The molecule has 3 N–H and O–H groups in total. The topological polar surface area (TPSA) is 89.6 Å². The molecule has 0 atom stereocenters. The summed E-state index contributed by atoms with van der Waals surface area (Å²) in [6.45, 7) is 18.3. The number of nitrogens with zero attached hydrogens (tertiary/aromatic N) is 2. The predicted octanol–water partition coefficient (Wildman–Crippen LogP) is 2.65. The number of nitrogens with one attached hydrogen (secondary N) is 1. The second kappa shape index (κ2) is 22.4. The van der Waals surface area contributed by atoms with Crippen molar-refractivity contribution in [3.8, 4) is 0 Å². The number of esters is 1. The van der Waals surface area contributed by atoms with Gasteiger partial charge in [-0.1, -0.05) is 40.1 Å². The Morgan fingerprint density at radius 1 is 1.18 bits per heavy atom. The van der Waals surface area contributed by atoms with Gasteiger partial charge in [0.15, 0.2) is 5.43 Å². The van der Waals surface area contributed by atoms with E-state index in [1.54, 1.807) is 4.57 Å². The molecule has 7 nitrogen and oxygen atoms in total. The first-order valence-electron chi connectivity index (χ1n) is 13.3. The summed E-state index contributed by atoms with van der Waals surface area (Å²) in [7, 11) is 5.92. The maximum absolute atomic E-state index is 13.7. The number of halogens is 1. The minimum Gasteiger partial charge on any atom is -0.462 e. The van der Waals surface area contributed by atoms with Gasteiger partial charge in [-0.15, -0.1) is 6.07 Å². The van der Waals surface area contributed by atoms with Gasteiger partial charge in [0.2, 0.25) is 0 Å². The van der Waals surface area contributed by atoms with Crippen molar-refractivity contribution in [3.05, 3.63) is 46.4 Å². The third kappa shape index (κ3) is 13.6. The first kappa shape index (κ1) is 41.0. The Hall–Kier alpha value is -1.45. The zero-order valence-corrected chi connectivity index (χ0v) is 28.0. The number of likely N-dealkylation sites (tertiary alicyclic amines) is 1. The fourth-order valence-corrected chi connectivity index (χ4v) is 3.20. The monoisotopic (exact) mass is 545 g/mol. The molecule has 1 aliphatic heterocycles. The number of piperidine rings is 1. The summed E-state index contributed by atoms with van der Waals surface area (Å²) in [5.74, 6) is -1.54. The van der Waals surface area contributed by atoms with Crippen LogP contribution in [-0.4, -0.2) is 56.3 Å². The van der Waals surface area contributed by atoms with Gasteiger partial charge in [0.05, 0.1) is 6.61 Å². The summed E-state index contributed by atoms with van der Waals surface area (Å²) in [5, 5.41) is 2.72. The number of carbonyl (C=O) groups is 1. The van der Waals surface area contributed by atoms with E-state index in [0.717, 1.165) is 0 Å². The number of benzene rings is 1. The van der Waals surface area contributed by atoms with Crippen LogP contribution < -0.4 is 46.0 Å². The second-order valence-electron chi connectivity index (χ2n) is 8.99. The van der Waals surface area contributed by atoms with Gasteiger partial charge in [-0.2, -0.15) is 18.9 Å². The van der Waals surface area contributed by atoms with Crippen molar-refractivity contribution < 1.29 is 43.5 Å². The van der Waals surface area contributed by atoms with E-state index in [4.69, 9.17) is 10.5 Å². The fourth-order valence-electron chi connectivity index (χ4n) is 3.20. The molecule has 0 unspecified atom stereocenters. The Balaban J connectivity index is -0.000000678. The summed E-state index contributed by atoms with van der Waals surface area (Å²) >= 11 is 0. The molecule has 0 radical (unpaired) electrons. The van der Waals surface area contributed by atoms with Crippen molar-refractivity contribution in [1.82, 2.24) is 14.8 Å². The normalized spacial score (nSPS) is 12.5. The van der Waals surface area contributed by atoms with Crippen LogP contribution in [0.15, 0.2) is 17.1 Å². The summed E-state index contributed by atoms with van der Waals surface area (Å²) in [5.41, 5.74) is 4.60. The van der Waals surface area contributed by atoms with Gasteiger partial charge in [-0.05, 0) is 72.5 Å². The molecule has 1 fully saturated rings. The van der Waals surface area contributed by atoms with Crippen LogP contribution in [0.5, 0.6) is 0 Å². The first-order valence-corrected chi connectivity index (χ1v) is 13.3. The van der Waals surface area contributed by atoms with Crippen LogP contribution in [0.1, 0.15) is 85.0 Å². The van der Waals surface area contributed by atoms with Crippen LogP contribution in [0.2, 0.25) is 0 Å². The van der Waals surface area contributed by atoms with Gasteiger partial charge in [0.25, 0.3) is 0 Å². The van der Waals surface area contributed by atoms with Crippen LogP contribution in [0.3, 0.4) is 0 Å². The molecule has 1 aliphatic rings. The van der Waals surface area contributed by atoms with E-state index in [1.807, 2.05) is 69.5 Å². The quantitative estimate of drug-likeness (QED) is 0.267. The maximum Gasteiger partial charge on any atom is 1.00 e. The van der Waals surface area contributed by atoms with E-state index < -0.39 is 22.8 Å². The van der Waals surface area contributed by atoms with Gasteiger partial charge < -0.3 is 31.7 Å². The number of anilines is 1. The minimum absolute atomic E-state index is 0. The number of aromatic nitrogens is 1. The van der Waals surface area contributed by atoms with Gasteiger partial charge >= 0.3 is 35.5 Å². The van der Waals surface area contributed by atoms with Crippen LogP contribution in [0.4, 0.5) is 10.1 Å². The standard InChI is InChI=1S/C17H20FN2O3.C6H12N.C2H7N.2C2H6.Na/c1-5-8-23-16(22)10-9-20(17(2,3)4)12-7-6-11(18)14(19)13(12)15(10)21;1-7-5-3-2-4-6-7;1-3-2;2*1-2;/h7,9H,5,8,19H2,1-4H3;2H,3-6H2,1H3;3H,1-2H3;2*1-2H3;/q2*-1;;;;+1. The van der Waals surface area contributed by atoms with Crippen LogP contribution in [0.25, 0.3) is 10.9 Å². The zero-order valence-electron chi connectivity index (χ0n) is 26.0. The largest absolute Gasteiger partial charge is 1.00 e. The molecule has 0 spiro atoms.